The van der Waals surface area contributed by atoms with E-state index in [1.54, 1.807) is 29.9 Å². The molecule has 0 N–H and O–H groups in total. The molecule has 0 fully saturated rings. The average molecular weight is 333 g/mol. The van der Waals surface area contributed by atoms with Gasteiger partial charge in [0.05, 0.1) is 11.3 Å². The number of ether oxygens (including phenoxy) is 1. The van der Waals surface area contributed by atoms with Gasteiger partial charge in [-0.15, -0.1) is 23.1 Å². The van der Waals surface area contributed by atoms with Crippen molar-refractivity contribution in [2.45, 2.75) is 11.6 Å². The second-order valence-electron chi connectivity index (χ2n) is 4.28. The van der Waals surface area contributed by atoms with Gasteiger partial charge in [-0.25, -0.2) is 14.8 Å². The van der Waals surface area contributed by atoms with Crippen LogP contribution in [0.4, 0.5) is 0 Å². The van der Waals surface area contributed by atoms with Gasteiger partial charge in [0.1, 0.15) is 11.6 Å². The number of hydrogen-bond acceptors (Lipinski definition) is 7. The Bertz CT molecular complexity index is 888. The summed E-state index contributed by atoms with van der Waals surface area (Å²) < 4.78 is 6.69. The van der Waals surface area contributed by atoms with Crippen molar-refractivity contribution in [3.63, 3.8) is 0 Å². The molecule has 0 saturated heterocycles. The number of esters is 1. The minimum absolute atomic E-state index is 0.0504. The lowest BCUT2D eigenvalue weighted by atomic mass is 10.3. The Morgan fingerprint density at radius 2 is 2.36 bits per heavy atom. The van der Waals surface area contributed by atoms with Crippen LogP contribution in [-0.4, -0.2) is 26.6 Å². The highest BCUT2D eigenvalue weighted by Crippen LogP contribution is 2.18. The fourth-order valence-electron chi connectivity index (χ4n) is 1.89. The van der Waals surface area contributed by atoms with Crippen LogP contribution < -0.4 is 5.56 Å². The maximum absolute atomic E-state index is 12.1. The summed E-state index contributed by atoms with van der Waals surface area (Å²) in [5, 5.41) is 2.38. The molecule has 0 saturated carbocycles. The summed E-state index contributed by atoms with van der Waals surface area (Å²) in [5.74, 6) is -0.481. The van der Waals surface area contributed by atoms with Gasteiger partial charge in [0.15, 0.2) is 4.96 Å². The highest BCUT2D eigenvalue weighted by molar-refractivity contribution is 7.98. The Morgan fingerprint density at radius 3 is 3.18 bits per heavy atom. The van der Waals surface area contributed by atoms with E-state index in [1.807, 2.05) is 6.26 Å². The Balaban J connectivity index is 1.78. The van der Waals surface area contributed by atoms with Crippen LogP contribution in [0.2, 0.25) is 0 Å². The van der Waals surface area contributed by atoms with Gasteiger partial charge in [0.2, 0.25) is 0 Å². The van der Waals surface area contributed by atoms with Crippen molar-refractivity contribution in [2.24, 2.45) is 0 Å². The standard InChI is InChI=1S/C14H11N3O3S2/c1-21-12-10(3-2-4-15-12)13(19)20-8-9-7-11(18)17-5-6-22-14(17)16-9/h2-7H,8H2,1H3. The summed E-state index contributed by atoms with van der Waals surface area (Å²) in [6.45, 7) is -0.0504. The van der Waals surface area contributed by atoms with Gasteiger partial charge in [0.25, 0.3) is 5.56 Å². The second kappa shape index (κ2) is 6.29. The van der Waals surface area contributed by atoms with Gasteiger partial charge < -0.3 is 4.74 Å². The Hall–Kier alpha value is -2.19. The van der Waals surface area contributed by atoms with Crippen molar-refractivity contribution >= 4 is 34.0 Å². The third-order valence-corrected chi connectivity index (χ3v) is 4.36. The van der Waals surface area contributed by atoms with Gasteiger partial charge in [-0.3, -0.25) is 9.20 Å². The Kier molecular flexibility index (Phi) is 4.21. The number of pyridine rings is 1. The van der Waals surface area contributed by atoms with Crippen LogP contribution in [0.5, 0.6) is 0 Å². The van der Waals surface area contributed by atoms with Crippen LogP contribution in [0, 0.1) is 0 Å². The van der Waals surface area contributed by atoms with Crippen LogP contribution in [-0.2, 0) is 11.3 Å². The molecule has 0 aliphatic rings. The molecule has 112 valence electrons. The summed E-state index contributed by atoms with van der Waals surface area (Å²) in [6.07, 6.45) is 5.12. The van der Waals surface area contributed by atoms with E-state index in [1.165, 1.54) is 33.6 Å². The first-order chi connectivity index (χ1) is 10.7. The van der Waals surface area contributed by atoms with Crippen LogP contribution in [0.1, 0.15) is 16.1 Å². The summed E-state index contributed by atoms with van der Waals surface area (Å²) in [6, 6.07) is 4.70. The number of nitrogens with zero attached hydrogens (tertiary/aromatic N) is 3. The lowest BCUT2D eigenvalue weighted by molar-refractivity contribution is 0.0462. The van der Waals surface area contributed by atoms with Crippen molar-refractivity contribution in [2.75, 3.05) is 6.26 Å². The molecule has 0 spiro atoms. The molecule has 3 heterocycles. The van der Waals surface area contributed by atoms with E-state index in [0.29, 0.717) is 21.2 Å². The summed E-state index contributed by atoms with van der Waals surface area (Å²) in [4.78, 5) is 32.9. The van der Waals surface area contributed by atoms with Crippen molar-refractivity contribution in [1.82, 2.24) is 14.4 Å². The molecular formula is C14H11N3O3S2. The molecule has 0 aromatic carbocycles. The van der Waals surface area contributed by atoms with Crippen molar-refractivity contribution in [3.05, 3.63) is 57.6 Å². The fraction of sp³-hybridized carbons (Fsp3) is 0.143. The molecule has 0 aliphatic carbocycles. The van der Waals surface area contributed by atoms with Crippen molar-refractivity contribution in [1.29, 1.82) is 0 Å². The number of thioether (sulfide) groups is 1. The van der Waals surface area contributed by atoms with Gasteiger partial charge in [0, 0.05) is 23.8 Å². The predicted molar refractivity (Wildman–Crippen MR) is 84.5 cm³/mol. The number of fused-ring (bicyclic) bond motifs is 1. The van der Waals surface area contributed by atoms with Gasteiger partial charge in [-0.2, -0.15) is 0 Å². The molecule has 0 bridgehead atoms. The maximum Gasteiger partial charge on any atom is 0.341 e. The summed E-state index contributed by atoms with van der Waals surface area (Å²) >= 11 is 2.72. The fourth-order valence-corrected chi connectivity index (χ4v) is 3.16. The van der Waals surface area contributed by atoms with E-state index in [9.17, 15) is 9.59 Å². The Morgan fingerprint density at radius 1 is 1.50 bits per heavy atom. The molecule has 22 heavy (non-hydrogen) atoms. The molecule has 3 rings (SSSR count). The number of hydrogen-bond donors (Lipinski definition) is 0. The monoisotopic (exact) mass is 333 g/mol. The molecule has 3 aromatic rings. The number of rotatable bonds is 4. The molecular weight excluding hydrogens is 322 g/mol. The van der Waals surface area contributed by atoms with Gasteiger partial charge >= 0.3 is 5.97 Å². The third kappa shape index (κ3) is 2.88. The zero-order valence-electron chi connectivity index (χ0n) is 11.6. The van der Waals surface area contributed by atoms with Crippen LogP contribution in [0.15, 0.2) is 45.8 Å². The predicted octanol–water partition coefficient (Wildman–Crippen LogP) is 2.23. The first kappa shape index (κ1) is 14.7. The SMILES string of the molecule is CSc1ncccc1C(=O)OCc1cc(=O)n2ccsc2n1. The highest BCUT2D eigenvalue weighted by Gasteiger charge is 2.14. The van der Waals surface area contributed by atoms with E-state index in [4.69, 9.17) is 4.74 Å². The molecule has 3 aromatic heterocycles. The number of thiazole rings is 1. The molecule has 0 aliphatic heterocycles. The van der Waals surface area contributed by atoms with E-state index in [-0.39, 0.29) is 12.2 Å². The van der Waals surface area contributed by atoms with E-state index in [2.05, 4.69) is 9.97 Å². The zero-order chi connectivity index (χ0) is 15.5. The maximum atomic E-state index is 12.1. The number of carbonyl (C=O) groups excluding carboxylic acids is 1. The average Bonchev–Trinajstić information content (AvgIpc) is 3.01. The van der Waals surface area contributed by atoms with E-state index >= 15 is 0 Å². The highest BCUT2D eigenvalue weighted by atomic mass is 32.2. The second-order valence-corrected chi connectivity index (χ2v) is 5.95. The van der Waals surface area contributed by atoms with E-state index in [0.717, 1.165) is 0 Å². The number of aromatic nitrogens is 3. The lowest BCUT2D eigenvalue weighted by Crippen LogP contribution is -2.15. The quantitative estimate of drug-likeness (QED) is 0.538. The van der Waals surface area contributed by atoms with Gasteiger partial charge in [-0.1, -0.05) is 0 Å². The lowest BCUT2D eigenvalue weighted by Gasteiger charge is -2.06. The first-order valence-corrected chi connectivity index (χ1v) is 8.41. The topological polar surface area (TPSA) is 73.6 Å². The zero-order valence-corrected chi connectivity index (χ0v) is 13.2. The molecule has 0 radical (unpaired) electrons. The normalized spacial score (nSPS) is 10.8. The first-order valence-electron chi connectivity index (χ1n) is 6.31. The molecule has 0 amide bonds. The van der Waals surface area contributed by atoms with Crippen LogP contribution >= 0.6 is 23.1 Å². The van der Waals surface area contributed by atoms with Crippen molar-refractivity contribution in [3.8, 4) is 0 Å². The Labute approximate surface area is 133 Å². The summed E-state index contributed by atoms with van der Waals surface area (Å²) in [5.41, 5.74) is 0.641. The third-order valence-electron chi connectivity index (χ3n) is 2.89. The van der Waals surface area contributed by atoms with Gasteiger partial charge in [-0.05, 0) is 18.4 Å². The molecule has 0 atom stereocenters. The minimum atomic E-state index is -0.481. The summed E-state index contributed by atoms with van der Waals surface area (Å²) in [7, 11) is 0. The van der Waals surface area contributed by atoms with Crippen LogP contribution in [0.25, 0.3) is 4.96 Å². The smallest absolute Gasteiger partial charge is 0.341 e. The minimum Gasteiger partial charge on any atom is -0.456 e. The van der Waals surface area contributed by atoms with Crippen molar-refractivity contribution < 1.29 is 9.53 Å². The molecule has 6 nitrogen and oxygen atoms in total. The van der Waals surface area contributed by atoms with Crippen LogP contribution in [0.3, 0.4) is 0 Å². The molecule has 0 unspecified atom stereocenters. The van der Waals surface area contributed by atoms with E-state index < -0.39 is 5.97 Å². The largest absolute Gasteiger partial charge is 0.456 e. The molecule has 8 heteroatoms. The number of carbonyl (C=O) groups is 1.